The maximum absolute atomic E-state index is 11.8. The van der Waals surface area contributed by atoms with Gasteiger partial charge in [0, 0.05) is 55.0 Å². The molecule has 4 unspecified atom stereocenters. The fourth-order valence-electron chi connectivity index (χ4n) is 5.54. The SMILES string of the molecule is CC(C)(C)C(=O)COC(=O)COC(=O)CO.CC(C)(C)C(=O)COCCOCCO.CC(OC(=O)COC(=O)CO)C(=O)C(C)(C)C.CCOCC(=O)OCC(=O)OC(C)C(=O)C(C)(C)C.COC(C)OC(=O)C(C)OC(=O)C(C)(C)C.COCCOCCOCC(=O)C(C)(C)C.COCOC(=O)COC(=O)C(C)(C)C. The third kappa shape index (κ3) is 73.8. The summed E-state index contributed by atoms with van der Waals surface area (Å²) in [6.07, 6.45) is -3.33. The van der Waals surface area contributed by atoms with E-state index >= 15 is 0 Å². The molecular formula is C75H134O36. The highest BCUT2D eigenvalue weighted by Gasteiger charge is 2.33. The van der Waals surface area contributed by atoms with Gasteiger partial charge >= 0.3 is 59.7 Å². The third-order valence-corrected chi connectivity index (χ3v) is 12.4. The molecule has 0 aliphatic heterocycles. The highest BCUT2D eigenvalue weighted by molar-refractivity contribution is 5.91. The van der Waals surface area contributed by atoms with Crippen LogP contribution in [-0.4, -0.2) is 282 Å². The number of methoxy groups -OCH3 is 3. The fraction of sp³-hybridized carbons (Fsp3) is 0.800. The number of aliphatic hydroxyl groups excluding tert-OH is 3. The minimum Gasteiger partial charge on any atom is -0.455 e. The summed E-state index contributed by atoms with van der Waals surface area (Å²) in [7, 11) is 4.44. The highest BCUT2D eigenvalue weighted by atomic mass is 16.7. The van der Waals surface area contributed by atoms with E-state index in [0.29, 0.717) is 52.9 Å². The van der Waals surface area contributed by atoms with Gasteiger partial charge in [0.2, 0.25) is 0 Å². The van der Waals surface area contributed by atoms with Crippen LogP contribution in [0.2, 0.25) is 0 Å². The summed E-state index contributed by atoms with van der Waals surface area (Å²) >= 11 is 0. The summed E-state index contributed by atoms with van der Waals surface area (Å²) < 4.78 is 85.8. The van der Waals surface area contributed by atoms with Crippen LogP contribution in [0.4, 0.5) is 0 Å². The molecule has 111 heavy (non-hydrogen) atoms. The summed E-state index contributed by atoms with van der Waals surface area (Å²) in [4.78, 5) is 168. The first kappa shape index (κ1) is 117. The van der Waals surface area contributed by atoms with Crippen LogP contribution in [0.1, 0.15) is 180 Å². The Bertz CT molecular complexity index is 2710. The van der Waals surface area contributed by atoms with Crippen LogP contribution in [0.3, 0.4) is 0 Å². The van der Waals surface area contributed by atoms with Gasteiger partial charge in [-0.2, -0.15) is 0 Å². The molecule has 0 heterocycles. The van der Waals surface area contributed by atoms with E-state index in [4.69, 9.17) is 72.2 Å². The normalized spacial score (nSPS) is 12.3. The van der Waals surface area contributed by atoms with Crippen LogP contribution >= 0.6 is 0 Å². The number of hydrogen-bond acceptors (Lipinski definition) is 36. The summed E-state index contributed by atoms with van der Waals surface area (Å²) in [6.45, 7) is 44.2. The standard InChI is InChI=1S/C13H22O6.C11H18O6.C11H20O5.C11H22O4.C10H16O6.C10H20O4.C9H16O5/c1-6-17-7-10(14)18-8-11(15)19-9(2)12(16)13(3,4)5;1-7(10(15)11(2,3)4)17-9(14)6-16-8(13)5-12;1-7(9(12)16-8(2)14-6)15-10(13)11(3,4)5;1-11(2,3)10(12)9-15-8-7-14-6-5-13-4;1-10(2,3)7(12)5-15-9(14)6-16-8(13)4-11;1-10(2,3)9(12)8-14-7-6-13-5-4-11;1-9(2,3)8(11)13-5-7(10)14-6-12-4/h9H,6-8H2,1-5H3;7,12H,5-6H2,1-4H3;7-8H,1-6H3;5-9H2,1-4H3;11H,4-6H2,1-3H3;11H,4-8H2,1-3H3;5-6H2,1-4H3. The van der Waals surface area contributed by atoms with Crippen molar-refractivity contribution in [2.75, 3.05) is 154 Å². The summed E-state index contributed by atoms with van der Waals surface area (Å²) in [5.41, 5.74) is -3.69. The number of ketones is 5. The highest BCUT2D eigenvalue weighted by Crippen LogP contribution is 2.21. The van der Waals surface area contributed by atoms with Crippen molar-refractivity contribution in [3.8, 4) is 0 Å². The van der Waals surface area contributed by atoms with E-state index < -0.39 is 144 Å². The molecule has 36 nitrogen and oxygen atoms in total. The second-order valence-electron chi connectivity index (χ2n) is 30.4. The van der Waals surface area contributed by atoms with Gasteiger partial charge < -0.3 is 101 Å². The molecule has 4 atom stereocenters. The lowest BCUT2D eigenvalue weighted by molar-refractivity contribution is -0.187. The zero-order valence-corrected chi connectivity index (χ0v) is 71.3. The topological polar surface area (TPSA) is 483 Å². The number of rotatable bonds is 40. The van der Waals surface area contributed by atoms with Crippen molar-refractivity contribution < 1.29 is 173 Å². The molecule has 0 aromatic carbocycles. The summed E-state index contributed by atoms with van der Waals surface area (Å²) in [5, 5.41) is 25.0. The summed E-state index contributed by atoms with van der Waals surface area (Å²) in [5.74, 6) is -7.45. The van der Waals surface area contributed by atoms with Gasteiger partial charge in [-0.05, 0) is 76.2 Å². The van der Waals surface area contributed by atoms with E-state index in [2.05, 4.69) is 28.4 Å². The van der Waals surface area contributed by atoms with Gasteiger partial charge in [0.05, 0.1) is 63.7 Å². The Morgan fingerprint density at radius 2 is 0.631 bits per heavy atom. The molecule has 0 radical (unpaired) electrons. The molecule has 0 aromatic heterocycles. The average Bonchev–Trinajstić information content (AvgIpc) is 0.889. The first-order valence-corrected chi connectivity index (χ1v) is 35.3. The number of aliphatic hydroxyl groups is 3. The fourth-order valence-corrected chi connectivity index (χ4v) is 5.54. The van der Waals surface area contributed by atoms with E-state index in [9.17, 15) is 71.9 Å². The molecule has 0 aliphatic carbocycles. The zero-order valence-electron chi connectivity index (χ0n) is 71.3. The minimum absolute atomic E-state index is 0.0148. The smallest absolute Gasteiger partial charge is 0.349 e. The van der Waals surface area contributed by atoms with Gasteiger partial charge in [-0.15, -0.1) is 0 Å². The molecular weight excluding hydrogens is 1480 g/mol. The first-order valence-electron chi connectivity index (χ1n) is 35.3. The quantitative estimate of drug-likeness (QED) is 0.0315. The molecule has 0 spiro atoms. The van der Waals surface area contributed by atoms with Crippen molar-refractivity contribution >= 4 is 88.6 Å². The number of carbonyl (C=O) groups is 15. The van der Waals surface area contributed by atoms with Crippen molar-refractivity contribution in [1.82, 2.24) is 0 Å². The Balaban J connectivity index is -0.000000228. The molecule has 650 valence electrons. The molecule has 0 bridgehead atoms. The molecule has 0 aliphatic rings. The third-order valence-electron chi connectivity index (χ3n) is 12.4. The Hall–Kier alpha value is -7.39. The number of hydrogen-bond donors (Lipinski definition) is 3. The average molecular weight is 1610 g/mol. The first-order chi connectivity index (χ1) is 50.6. The van der Waals surface area contributed by atoms with Gasteiger partial charge in [-0.3, -0.25) is 33.6 Å². The second kappa shape index (κ2) is 63.1. The molecule has 0 fully saturated rings. The largest absolute Gasteiger partial charge is 0.455 e. The second-order valence-corrected chi connectivity index (χ2v) is 30.4. The molecule has 0 rings (SSSR count). The molecule has 0 saturated carbocycles. The van der Waals surface area contributed by atoms with E-state index in [-0.39, 0.29) is 86.2 Å². The van der Waals surface area contributed by atoms with Crippen LogP contribution in [-0.2, 0) is 157 Å². The van der Waals surface area contributed by atoms with Crippen molar-refractivity contribution in [3.05, 3.63) is 0 Å². The number of ether oxygens (including phenoxy) is 18. The molecule has 0 amide bonds. The maximum atomic E-state index is 11.8. The van der Waals surface area contributed by atoms with Crippen LogP contribution < -0.4 is 0 Å². The number of esters is 10. The Morgan fingerprint density at radius 3 is 0.973 bits per heavy atom. The van der Waals surface area contributed by atoms with Gasteiger partial charge in [0.15, 0.2) is 93.3 Å². The predicted molar refractivity (Wildman–Crippen MR) is 396 cm³/mol. The lowest BCUT2D eigenvalue weighted by atomic mass is 9.88. The van der Waals surface area contributed by atoms with Crippen LogP contribution in [0.5, 0.6) is 0 Å². The van der Waals surface area contributed by atoms with Crippen molar-refractivity contribution in [3.63, 3.8) is 0 Å². The minimum atomic E-state index is -0.927. The van der Waals surface area contributed by atoms with Crippen LogP contribution in [0.25, 0.3) is 0 Å². The zero-order chi connectivity index (χ0) is 88.3. The lowest BCUT2D eigenvalue weighted by Crippen LogP contribution is -2.35. The van der Waals surface area contributed by atoms with Gasteiger partial charge in [0.1, 0.15) is 33.0 Å². The van der Waals surface area contributed by atoms with Gasteiger partial charge in [-0.1, -0.05) is 104 Å². The van der Waals surface area contributed by atoms with E-state index in [1.54, 1.807) is 125 Å². The Kier molecular flexibility index (Phi) is 66.4. The van der Waals surface area contributed by atoms with Crippen molar-refractivity contribution in [1.29, 1.82) is 0 Å². The van der Waals surface area contributed by atoms with E-state index in [0.717, 1.165) is 0 Å². The lowest BCUT2D eigenvalue weighted by Gasteiger charge is -2.21. The van der Waals surface area contributed by atoms with E-state index in [1.807, 2.05) is 41.5 Å². The molecule has 36 heteroatoms. The molecule has 0 aromatic rings. The molecule has 0 saturated heterocycles. The van der Waals surface area contributed by atoms with Crippen LogP contribution in [0.15, 0.2) is 0 Å². The number of carbonyl (C=O) groups excluding carboxylic acids is 15. The van der Waals surface area contributed by atoms with Crippen LogP contribution in [0, 0.1) is 37.9 Å². The van der Waals surface area contributed by atoms with Gasteiger partial charge in [-0.25, -0.2) is 38.4 Å². The maximum Gasteiger partial charge on any atom is 0.349 e. The van der Waals surface area contributed by atoms with Gasteiger partial charge in [0.25, 0.3) is 0 Å². The Morgan fingerprint density at radius 1 is 0.297 bits per heavy atom. The van der Waals surface area contributed by atoms with Crippen molar-refractivity contribution in [2.24, 2.45) is 37.9 Å². The monoisotopic (exact) mass is 1610 g/mol. The van der Waals surface area contributed by atoms with E-state index in [1.165, 1.54) is 35.0 Å². The van der Waals surface area contributed by atoms with Crippen molar-refractivity contribution in [2.45, 2.75) is 205 Å². The Labute approximate surface area is 655 Å². The number of Topliss-reactive ketones (excluding diaryl/α,β-unsaturated/α-hetero) is 5. The predicted octanol–water partition coefficient (Wildman–Crippen LogP) is 4.99. The summed E-state index contributed by atoms with van der Waals surface area (Å²) in [6, 6.07) is 0. The molecule has 3 N–H and O–H groups in total.